The minimum absolute atomic E-state index is 0.00778. The molecule has 0 bridgehead atoms. The number of ether oxygens (including phenoxy) is 1. The minimum atomic E-state index is -0.969. The Balaban J connectivity index is 3.94. The van der Waals surface area contributed by atoms with Crippen molar-refractivity contribution in [2.24, 2.45) is 5.92 Å². The fraction of sp³-hybridized carbons (Fsp3) is 0.727. The van der Waals surface area contributed by atoms with E-state index in [1.54, 1.807) is 13.8 Å². The lowest BCUT2D eigenvalue weighted by Crippen LogP contribution is -2.40. The Morgan fingerprint density at radius 2 is 1.82 bits per heavy atom. The van der Waals surface area contributed by atoms with E-state index >= 15 is 0 Å². The van der Waals surface area contributed by atoms with E-state index in [9.17, 15) is 14.4 Å². The van der Waals surface area contributed by atoms with Gasteiger partial charge < -0.3 is 15.2 Å². The van der Waals surface area contributed by atoms with E-state index in [-0.39, 0.29) is 25.4 Å². The number of esters is 1. The molecule has 2 unspecified atom stereocenters. The van der Waals surface area contributed by atoms with Gasteiger partial charge in [-0.1, -0.05) is 0 Å². The van der Waals surface area contributed by atoms with Gasteiger partial charge in [0.05, 0.1) is 18.9 Å². The maximum atomic E-state index is 11.4. The molecule has 0 saturated carbocycles. The van der Waals surface area contributed by atoms with Gasteiger partial charge in [0.1, 0.15) is 0 Å². The van der Waals surface area contributed by atoms with Crippen molar-refractivity contribution in [2.75, 3.05) is 6.61 Å². The number of hydrogen-bond acceptors (Lipinski definition) is 4. The molecule has 2 N–H and O–H groups in total. The van der Waals surface area contributed by atoms with Gasteiger partial charge in [0, 0.05) is 12.5 Å². The quantitative estimate of drug-likeness (QED) is 0.639. The van der Waals surface area contributed by atoms with Gasteiger partial charge in [-0.2, -0.15) is 0 Å². The fourth-order valence-electron chi connectivity index (χ4n) is 1.11. The molecule has 0 aliphatic heterocycles. The third kappa shape index (κ3) is 6.55. The molecule has 6 heteroatoms. The minimum Gasteiger partial charge on any atom is -0.481 e. The number of carbonyl (C=O) groups excluding carboxylic acids is 2. The zero-order valence-electron chi connectivity index (χ0n) is 10.4. The van der Waals surface area contributed by atoms with Crippen LogP contribution in [-0.2, 0) is 19.1 Å². The normalized spacial score (nSPS) is 13.6. The number of carbonyl (C=O) groups is 3. The van der Waals surface area contributed by atoms with Crippen LogP contribution in [0.5, 0.6) is 0 Å². The third-order valence-corrected chi connectivity index (χ3v) is 2.39. The lowest BCUT2D eigenvalue weighted by molar-refractivity contribution is -0.145. The van der Waals surface area contributed by atoms with Crippen molar-refractivity contribution in [3.05, 3.63) is 0 Å². The predicted octanol–water partition coefficient (Wildman–Crippen LogP) is 0.555. The number of amides is 1. The first kappa shape index (κ1) is 15.4. The van der Waals surface area contributed by atoms with Crippen molar-refractivity contribution in [3.63, 3.8) is 0 Å². The Morgan fingerprint density at radius 1 is 1.24 bits per heavy atom. The Morgan fingerprint density at radius 3 is 2.29 bits per heavy atom. The van der Waals surface area contributed by atoms with Gasteiger partial charge in [-0.3, -0.25) is 14.4 Å². The summed E-state index contributed by atoms with van der Waals surface area (Å²) in [5.74, 6) is -2.41. The number of carboxylic acid groups (broad SMARTS) is 1. The highest BCUT2D eigenvalue weighted by Crippen LogP contribution is 2.03. The first-order valence-electron chi connectivity index (χ1n) is 5.56. The van der Waals surface area contributed by atoms with E-state index < -0.39 is 23.9 Å². The van der Waals surface area contributed by atoms with Crippen molar-refractivity contribution in [3.8, 4) is 0 Å². The second kappa shape index (κ2) is 7.65. The average Bonchev–Trinajstić information content (AvgIpc) is 2.25. The summed E-state index contributed by atoms with van der Waals surface area (Å²) in [6, 6.07) is -0.470. The molecule has 0 saturated heterocycles. The standard InChI is InChI=1S/C11H19NO5/c1-4-17-10(14)6-5-9(13)12-8(3)7(2)11(15)16/h7-8H,4-6H2,1-3H3,(H,12,13)(H,15,16). The molecule has 0 heterocycles. The smallest absolute Gasteiger partial charge is 0.308 e. The molecule has 1 amide bonds. The highest BCUT2D eigenvalue weighted by Gasteiger charge is 2.21. The molecule has 2 atom stereocenters. The molecular weight excluding hydrogens is 226 g/mol. The summed E-state index contributed by atoms with van der Waals surface area (Å²) < 4.78 is 4.67. The molecule has 0 fully saturated rings. The van der Waals surface area contributed by atoms with Gasteiger partial charge in [-0.25, -0.2) is 0 Å². The van der Waals surface area contributed by atoms with Gasteiger partial charge >= 0.3 is 11.9 Å². The Bertz CT molecular complexity index is 290. The van der Waals surface area contributed by atoms with Crippen LogP contribution in [0.4, 0.5) is 0 Å². The first-order valence-corrected chi connectivity index (χ1v) is 5.56. The first-order chi connectivity index (χ1) is 7.88. The van der Waals surface area contributed by atoms with Crippen LogP contribution >= 0.6 is 0 Å². The number of rotatable bonds is 7. The number of carboxylic acids is 1. The zero-order valence-corrected chi connectivity index (χ0v) is 10.4. The summed E-state index contributed by atoms with van der Waals surface area (Å²) >= 11 is 0. The lowest BCUT2D eigenvalue weighted by atomic mass is 10.0. The molecule has 0 rings (SSSR count). The van der Waals surface area contributed by atoms with Gasteiger partial charge in [0.25, 0.3) is 0 Å². The molecular formula is C11H19NO5. The molecule has 0 aliphatic carbocycles. The van der Waals surface area contributed by atoms with Crippen molar-refractivity contribution in [1.29, 1.82) is 0 Å². The topological polar surface area (TPSA) is 92.7 Å². The summed E-state index contributed by atoms with van der Waals surface area (Å²) in [6.07, 6.45) is 0.0172. The van der Waals surface area contributed by atoms with Crippen molar-refractivity contribution in [1.82, 2.24) is 5.32 Å². The summed E-state index contributed by atoms with van der Waals surface area (Å²) in [5, 5.41) is 11.3. The molecule has 0 aromatic carbocycles. The fourth-order valence-corrected chi connectivity index (χ4v) is 1.11. The summed E-state index contributed by atoms with van der Waals surface area (Å²) in [6.45, 7) is 5.10. The van der Waals surface area contributed by atoms with Crippen LogP contribution in [0, 0.1) is 5.92 Å². The second-order valence-electron chi connectivity index (χ2n) is 3.79. The highest BCUT2D eigenvalue weighted by atomic mass is 16.5. The van der Waals surface area contributed by atoms with Gasteiger partial charge in [0.15, 0.2) is 0 Å². The monoisotopic (exact) mass is 245 g/mol. The maximum Gasteiger partial charge on any atom is 0.308 e. The van der Waals surface area contributed by atoms with Gasteiger partial charge in [-0.05, 0) is 20.8 Å². The number of hydrogen-bond donors (Lipinski definition) is 2. The van der Waals surface area contributed by atoms with Crippen LogP contribution in [0.2, 0.25) is 0 Å². The van der Waals surface area contributed by atoms with E-state index in [1.807, 2.05) is 0 Å². The Kier molecular flexibility index (Phi) is 6.93. The van der Waals surface area contributed by atoms with Crippen LogP contribution in [-0.4, -0.2) is 35.6 Å². The highest BCUT2D eigenvalue weighted by molar-refractivity contribution is 5.82. The Labute approximate surface area is 100 Å². The van der Waals surface area contributed by atoms with Crippen molar-refractivity contribution < 1.29 is 24.2 Å². The van der Waals surface area contributed by atoms with Crippen LogP contribution in [0.1, 0.15) is 33.6 Å². The van der Waals surface area contributed by atoms with E-state index in [2.05, 4.69) is 10.1 Å². The van der Waals surface area contributed by atoms with E-state index in [0.29, 0.717) is 0 Å². The molecule has 0 aromatic rings. The van der Waals surface area contributed by atoms with E-state index in [4.69, 9.17) is 5.11 Å². The lowest BCUT2D eigenvalue weighted by Gasteiger charge is -2.17. The van der Waals surface area contributed by atoms with Crippen LogP contribution in [0.3, 0.4) is 0 Å². The molecule has 17 heavy (non-hydrogen) atoms. The summed E-state index contributed by atoms with van der Waals surface area (Å²) in [7, 11) is 0. The molecule has 6 nitrogen and oxygen atoms in total. The molecule has 0 radical (unpaired) electrons. The van der Waals surface area contributed by atoms with E-state index in [0.717, 1.165) is 0 Å². The molecule has 0 spiro atoms. The Hall–Kier alpha value is -1.59. The summed E-state index contributed by atoms with van der Waals surface area (Å²) in [5.41, 5.74) is 0. The SMILES string of the molecule is CCOC(=O)CCC(=O)NC(C)C(C)C(=O)O. The van der Waals surface area contributed by atoms with Crippen LogP contribution in [0.15, 0.2) is 0 Å². The van der Waals surface area contributed by atoms with Crippen LogP contribution in [0.25, 0.3) is 0 Å². The van der Waals surface area contributed by atoms with Gasteiger partial charge in [-0.15, -0.1) is 0 Å². The van der Waals surface area contributed by atoms with Crippen LogP contribution < -0.4 is 5.32 Å². The number of aliphatic carboxylic acids is 1. The molecule has 98 valence electrons. The molecule has 0 aliphatic rings. The predicted molar refractivity (Wildman–Crippen MR) is 60.3 cm³/mol. The number of nitrogens with one attached hydrogen (secondary N) is 1. The summed E-state index contributed by atoms with van der Waals surface area (Å²) in [4.78, 5) is 33.0. The van der Waals surface area contributed by atoms with Gasteiger partial charge in [0.2, 0.25) is 5.91 Å². The maximum absolute atomic E-state index is 11.4. The van der Waals surface area contributed by atoms with E-state index in [1.165, 1.54) is 6.92 Å². The zero-order chi connectivity index (χ0) is 13.4. The van der Waals surface area contributed by atoms with Crippen molar-refractivity contribution >= 4 is 17.8 Å². The largest absolute Gasteiger partial charge is 0.481 e. The second-order valence-corrected chi connectivity index (χ2v) is 3.79. The average molecular weight is 245 g/mol. The van der Waals surface area contributed by atoms with Crippen molar-refractivity contribution in [2.45, 2.75) is 39.7 Å². The molecule has 0 aromatic heterocycles. The third-order valence-electron chi connectivity index (χ3n) is 2.39.